The van der Waals surface area contributed by atoms with Gasteiger partial charge in [-0.3, -0.25) is 14.6 Å². The molecule has 1 aliphatic carbocycles. The molecule has 0 aromatic carbocycles. The Bertz CT molecular complexity index is 1420. The molecule has 0 saturated heterocycles. The molecule has 0 bridgehead atoms. The molecule has 0 aliphatic heterocycles. The van der Waals surface area contributed by atoms with E-state index in [1.165, 1.54) is 33.2 Å². The molecule has 0 unspecified atom stereocenters. The largest absolute Gasteiger partial charge is 0.387 e. The summed E-state index contributed by atoms with van der Waals surface area (Å²) in [6, 6.07) is 9.47. The van der Waals surface area contributed by atoms with E-state index in [1.54, 1.807) is 28.4 Å². The van der Waals surface area contributed by atoms with Crippen LogP contribution in [-0.2, 0) is 4.79 Å². The number of fused-ring (bicyclic) bond motifs is 1. The molecule has 3 heterocycles. The molecular weight excluding hydrogens is 545 g/mol. The first-order valence-electron chi connectivity index (χ1n) is 13.7. The van der Waals surface area contributed by atoms with Crippen LogP contribution >= 0.6 is 11.8 Å². The molecule has 1 atom stereocenters. The Kier molecular flexibility index (Phi) is 9.83. The molecule has 3 aromatic rings. The number of carbonyl (C=O) groups excluding carboxylic acids is 2. The molecule has 0 radical (unpaired) electrons. The van der Waals surface area contributed by atoms with E-state index >= 15 is 0 Å². The number of amides is 2. The number of thioether (sulfide) groups is 1. The van der Waals surface area contributed by atoms with Crippen molar-refractivity contribution in [3.05, 3.63) is 47.8 Å². The summed E-state index contributed by atoms with van der Waals surface area (Å²) in [5.74, 6) is 1.63. The normalized spacial score (nSPS) is 18.0. The van der Waals surface area contributed by atoms with E-state index in [1.807, 2.05) is 12.1 Å². The highest BCUT2D eigenvalue weighted by Crippen LogP contribution is 2.31. The van der Waals surface area contributed by atoms with Crippen molar-refractivity contribution >= 4 is 34.8 Å². The van der Waals surface area contributed by atoms with E-state index in [-0.39, 0.29) is 24.1 Å². The number of nitriles is 1. The van der Waals surface area contributed by atoms with Crippen LogP contribution in [0, 0.1) is 17.2 Å². The molecule has 4 rings (SSSR count). The number of nitrogens with one attached hydrogen (secondary N) is 3. The number of aliphatic hydroxyl groups is 1. The van der Waals surface area contributed by atoms with Crippen molar-refractivity contribution < 1.29 is 19.1 Å². The van der Waals surface area contributed by atoms with Crippen molar-refractivity contribution in [2.24, 2.45) is 5.92 Å². The molecule has 1 aliphatic rings. The van der Waals surface area contributed by atoms with Gasteiger partial charge in [-0.2, -0.15) is 10.4 Å². The molecule has 10 nitrogen and oxygen atoms in total. The number of rotatable bonds is 11. The van der Waals surface area contributed by atoms with Crippen LogP contribution in [0.4, 0.5) is 10.1 Å². The SMILES string of the molecule is CC(=O)NCSCC1CCC(Nc2cc(-c3ccc4cc(C#N)cnn34)ncc2C(=O)NC[C@@H](F)C(C)(C)O)CC1. The topological polar surface area (TPSA) is 144 Å². The Hall–Kier alpha value is -3.69. The monoisotopic (exact) mass is 581 g/mol. The zero-order chi connectivity index (χ0) is 29.6. The first kappa shape index (κ1) is 30.3. The second kappa shape index (κ2) is 13.3. The van der Waals surface area contributed by atoms with Crippen molar-refractivity contribution in [3.63, 3.8) is 0 Å². The third kappa shape index (κ3) is 7.95. The number of hydrogen-bond acceptors (Lipinski definition) is 8. The summed E-state index contributed by atoms with van der Waals surface area (Å²) in [7, 11) is 0. The zero-order valence-electron chi connectivity index (χ0n) is 23.5. The number of alkyl halides is 1. The molecule has 218 valence electrons. The van der Waals surface area contributed by atoms with E-state index < -0.39 is 17.7 Å². The summed E-state index contributed by atoms with van der Waals surface area (Å²) in [4.78, 5) is 28.8. The van der Waals surface area contributed by atoms with Gasteiger partial charge in [0.25, 0.3) is 5.91 Å². The molecule has 3 aromatic heterocycles. The Morgan fingerprint density at radius 3 is 2.66 bits per heavy atom. The van der Waals surface area contributed by atoms with Crippen molar-refractivity contribution in [1.29, 1.82) is 5.26 Å². The minimum Gasteiger partial charge on any atom is -0.387 e. The van der Waals surface area contributed by atoms with E-state index in [0.717, 1.165) is 37.0 Å². The van der Waals surface area contributed by atoms with Crippen LogP contribution in [0.3, 0.4) is 0 Å². The fourth-order valence-corrected chi connectivity index (χ4v) is 5.84. The second-order valence-corrected chi connectivity index (χ2v) is 12.0. The van der Waals surface area contributed by atoms with E-state index in [2.05, 4.69) is 32.1 Å². The number of pyridine rings is 1. The van der Waals surface area contributed by atoms with Gasteiger partial charge in [-0.25, -0.2) is 8.91 Å². The highest BCUT2D eigenvalue weighted by atomic mass is 32.2. The number of anilines is 1. The van der Waals surface area contributed by atoms with Crippen molar-refractivity contribution in [2.45, 2.75) is 64.3 Å². The third-order valence-corrected chi connectivity index (χ3v) is 8.29. The lowest BCUT2D eigenvalue weighted by molar-refractivity contribution is -0.118. The van der Waals surface area contributed by atoms with Crippen LogP contribution in [0.5, 0.6) is 0 Å². The standard InChI is InChI=1S/C29H36FN7O3S/c1-18(38)34-17-41-16-19-4-6-21(7-5-19)36-24-11-25(26-9-8-22-10-20(12-31)13-35-37(22)26)32-14-23(24)28(39)33-15-27(30)29(2,3)40/h8-11,13-14,19,21,27,40H,4-7,15-17H2,1-3H3,(H,32,36)(H,33,39)(H,34,38)/t19?,21?,27-/m1/s1. The smallest absolute Gasteiger partial charge is 0.255 e. The molecule has 1 fully saturated rings. The number of carbonyl (C=O) groups is 2. The van der Waals surface area contributed by atoms with Gasteiger partial charge in [-0.05, 0) is 75.5 Å². The maximum Gasteiger partial charge on any atom is 0.255 e. The van der Waals surface area contributed by atoms with Gasteiger partial charge in [0.05, 0.1) is 57.9 Å². The van der Waals surface area contributed by atoms with Gasteiger partial charge in [-0.1, -0.05) is 0 Å². The van der Waals surface area contributed by atoms with E-state index in [4.69, 9.17) is 0 Å². The van der Waals surface area contributed by atoms with Crippen LogP contribution in [-0.4, -0.2) is 67.5 Å². The predicted molar refractivity (Wildman–Crippen MR) is 157 cm³/mol. The maximum atomic E-state index is 14.4. The summed E-state index contributed by atoms with van der Waals surface area (Å²) in [5.41, 5.74) is 1.76. The lowest BCUT2D eigenvalue weighted by Crippen LogP contribution is -2.42. The average molecular weight is 582 g/mol. The summed E-state index contributed by atoms with van der Waals surface area (Å²) in [6.07, 6.45) is 5.20. The third-order valence-electron chi connectivity index (χ3n) is 7.23. The summed E-state index contributed by atoms with van der Waals surface area (Å²) < 4.78 is 16.0. The van der Waals surface area contributed by atoms with Crippen LogP contribution in [0.2, 0.25) is 0 Å². The van der Waals surface area contributed by atoms with Gasteiger partial charge in [-0.15, -0.1) is 11.8 Å². The van der Waals surface area contributed by atoms with Crippen LogP contribution in [0.15, 0.2) is 36.7 Å². The maximum absolute atomic E-state index is 14.4. The summed E-state index contributed by atoms with van der Waals surface area (Å²) in [5, 5.41) is 32.4. The van der Waals surface area contributed by atoms with Crippen LogP contribution < -0.4 is 16.0 Å². The molecule has 41 heavy (non-hydrogen) atoms. The van der Waals surface area contributed by atoms with E-state index in [9.17, 15) is 24.3 Å². The summed E-state index contributed by atoms with van der Waals surface area (Å²) >= 11 is 1.72. The van der Waals surface area contributed by atoms with Crippen LogP contribution in [0.1, 0.15) is 62.4 Å². The fourth-order valence-electron chi connectivity index (χ4n) is 4.75. The minimum atomic E-state index is -1.63. The van der Waals surface area contributed by atoms with Gasteiger partial charge < -0.3 is 21.1 Å². The van der Waals surface area contributed by atoms with Crippen molar-refractivity contribution in [3.8, 4) is 17.5 Å². The number of nitrogens with zero attached hydrogens (tertiary/aromatic N) is 4. The molecule has 0 spiro atoms. The average Bonchev–Trinajstić information content (AvgIpc) is 3.37. The van der Waals surface area contributed by atoms with Gasteiger partial charge in [0.15, 0.2) is 0 Å². The Morgan fingerprint density at radius 2 is 1.98 bits per heavy atom. The molecule has 12 heteroatoms. The van der Waals surface area contributed by atoms with Gasteiger partial charge in [0, 0.05) is 19.2 Å². The van der Waals surface area contributed by atoms with Gasteiger partial charge in [0.2, 0.25) is 5.91 Å². The Balaban J connectivity index is 1.52. The first-order chi connectivity index (χ1) is 19.5. The van der Waals surface area contributed by atoms with E-state index in [0.29, 0.717) is 34.4 Å². The molecule has 1 saturated carbocycles. The Morgan fingerprint density at radius 1 is 1.22 bits per heavy atom. The van der Waals surface area contributed by atoms with Gasteiger partial charge in [0.1, 0.15) is 12.2 Å². The highest BCUT2D eigenvalue weighted by molar-refractivity contribution is 7.99. The predicted octanol–water partition coefficient (Wildman–Crippen LogP) is 3.90. The lowest BCUT2D eigenvalue weighted by atomic mass is 9.87. The second-order valence-electron chi connectivity index (χ2n) is 11.0. The first-order valence-corrected chi connectivity index (χ1v) is 14.8. The lowest BCUT2D eigenvalue weighted by Gasteiger charge is -2.30. The number of aromatic nitrogens is 3. The molecule has 2 amide bonds. The molecular formula is C29H36FN7O3S. The minimum absolute atomic E-state index is 0.0278. The fraction of sp³-hybridized carbons (Fsp3) is 0.483. The summed E-state index contributed by atoms with van der Waals surface area (Å²) in [6.45, 7) is 3.90. The van der Waals surface area contributed by atoms with Gasteiger partial charge >= 0.3 is 0 Å². The van der Waals surface area contributed by atoms with Crippen LogP contribution in [0.25, 0.3) is 16.9 Å². The molecule has 4 N–H and O–H groups in total. The number of hydrogen-bond donors (Lipinski definition) is 4. The van der Waals surface area contributed by atoms with Crippen molar-refractivity contribution in [1.82, 2.24) is 25.2 Å². The highest BCUT2D eigenvalue weighted by Gasteiger charge is 2.28. The quantitative estimate of drug-likeness (QED) is 0.197. The Labute approximate surface area is 243 Å². The zero-order valence-corrected chi connectivity index (χ0v) is 24.3. The van der Waals surface area contributed by atoms with Crippen molar-refractivity contribution in [2.75, 3.05) is 23.5 Å². The number of halogens is 1.